The lowest BCUT2D eigenvalue weighted by molar-refractivity contribution is 0.738. The number of fused-ring (bicyclic) bond motifs is 3. The third-order valence-corrected chi connectivity index (χ3v) is 9.31. The fraction of sp³-hybridized carbons (Fsp3) is 0. The molecule has 0 aliphatic rings. The maximum absolute atomic E-state index is 5.54. The summed E-state index contributed by atoms with van der Waals surface area (Å²) < 4.78 is 7.01. The highest BCUT2D eigenvalue weighted by molar-refractivity contribution is 7.87. The lowest BCUT2D eigenvalue weighted by atomic mass is 10.2. The van der Waals surface area contributed by atoms with Crippen molar-refractivity contribution in [1.29, 1.82) is 0 Å². The second kappa shape index (κ2) is 8.08. The summed E-state index contributed by atoms with van der Waals surface area (Å²) in [6.45, 7) is 0. The average molecular weight is 446 g/mol. The van der Waals surface area contributed by atoms with Crippen LogP contribution >= 0.6 is 7.05 Å². The topological polar surface area (TPSA) is 68.3 Å². The summed E-state index contributed by atoms with van der Waals surface area (Å²) in [6, 6.07) is 39.5. The molecule has 0 aliphatic carbocycles. The Hall–Kier alpha value is -4.15. The van der Waals surface area contributed by atoms with Crippen LogP contribution in [-0.2, 0) is 0 Å². The zero-order chi connectivity index (χ0) is 22.1. The van der Waals surface area contributed by atoms with E-state index in [0.29, 0.717) is 11.5 Å². The first-order chi connectivity index (χ1) is 16.4. The number of hydrogen-bond acceptors (Lipinski definition) is 5. The SMILES string of the molecule is c1ccc(P(=Nc2nn3nnnc3c3ccccc23)(c2ccccc2)c2ccccc2)cc1. The first-order valence-electron chi connectivity index (χ1n) is 10.6. The monoisotopic (exact) mass is 446 g/mol. The number of benzene rings is 4. The first kappa shape index (κ1) is 19.5. The minimum atomic E-state index is -2.46. The molecule has 6 nitrogen and oxygen atoms in total. The van der Waals surface area contributed by atoms with E-state index in [9.17, 15) is 0 Å². The normalized spacial score (nSPS) is 11.6. The highest BCUT2D eigenvalue weighted by Gasteiger charge is 2.28. The van der Waals surface area contributed by atoms with Gasteiger partial charge in [-0.15, -0.1) is 14.8 Å². The molecule has 4 aromatic carbocycles. The molecule has 2 heterocycles. The van der Waals surface area contributed by atoms with Crippen LogP contribution in [0.3, 0.4) is 0 Å². The van der Waals surface area contributed by atoms with Gasteiger partial charge in [-0.05, 0) is 10.4 Å². The molecule has 6 aromatic rings. The van der Waals surface area contributed by atoms with Crippen LogP contribution in [0, 0.1) is 0 Å². The van der Waals surface area contributed by atoms with Gasteiger partial charge in [0.2, 0.25) is 5.65 Å². The lowest BCUT2D eigenvalue weighted by Crippen LogP contribution is -2.25. The van der Waals surface area contributed by atoms with E-state index in [2.05, 4.69) is 88.3 Å². The summed E-state index contributed by atoms with van der Waals surface area (Å²) >= 11 is 0. The molecular formula is C26H19N6P. The van der Waals surface area contributed by atoms with E-state index in [0.717, 1.165) is 26.7 Å². The van der Waals surface area contributed by atoms with Gasteiger partial charge >= 0.3 is 0 Å². The maximum Gasteiger partial charge on any atom is 0.207 e. The van der Waals surface area contributed by atoms with Gasteiger partial charge < -0.3 is 0 Å². The van der Waals surface area contributed by atoms with Gasteiger partial charge in [0.1, 0.15) is 0 Å². The van der Waals surface area contributed by atoms with Crippen LogP contribution in [0.1, 0.15) is 0 Å². The Bertz CT molecular complexity index is 1510. The molecule has 0 radical (unpaired) electrons. The molecule has 33 heavy (non-hydrogen) atoms. The van der Waals surface area contributed by atoms with Crippen molar-refractivity contribution in [3.05, 3.63) is 115 Å². The molecular weight excluding hydrogens is 427 g/mol. The average Bonchev–Trinajstić information content (AvgIpc) is 3.38. The Morgan fingerprint density at radius 3 is 1.61 bits per heavy atom. The highest BCUT2D eigenvalue weighted by Crippen LogP contribution is 2.49. The second-order valence-electron chi connectivity index (χ2n) is 7.60. The number of nitrogens with zero attached hydrogens (tertiary/aromatic N) is 6. The standard InChI is InChI=1S/C26H19N6P/c1-4-12-20(13-5-1)33(21-14-6-2-7-15-21,22-16-8-3-9-17-22)29-25-23-18-10-11-19-24(23)26-27-30-31-32(26)28-25/h1-19H. The summed E-state index contributed by atoms with van der Waals surface area (Å²) in [5.41, 5.74) is 0.618. The van der Waals surface area contributed by atoms with Crippen molar-refractivity contribution < 1.29 is 0 Å². The Morgan fingerprint density at radius 1 is 0.576 bits per heavy atom. The first-order valence-corrected chi connectivity index (χ1v) is 12.4. The van der Waals surface area contributed by atoms with Gasteiger partial charge in [-0.1, -0.05) is 115 Å². The summed E-state index contributed by atoms with van der Waals surface area (Å²) in [4.78, 5) is 0. The van der Waals surface area contributed by atoms with Crippen LogP contribution in [0.25, 0.3) is 16.4 Å². The predicted octanol–water partition coefficient (Wildman–Crippen LogP) is 4.48. The Kier molecular flexibility index (Phi) is 4.78. The summed E-state index contributed by atoms with van der Waals surface area (Å²) in [6.07, 6.45) is 0. The smallest absolute Gasteiger partial charge is 0.207 e. The number of hydrogen-bond donors (Lipinski definition) is 0. The van der Waals surface area contributed by atoms with E-state index in [1.54, 1.807) is 0 Å². The maximum atomic E-state index is 5.54. The Labute approximate surface area is 190 Å². The lowest BCUT2D eigenvalue weighted by Gasteiger charge is -2.26. The van der Waals surface area contributed by atoms with E-state index in [1.807, 2.05) is 42.5 Å². The van der Waals surface area contributed by atoms with E-state index in [4.69, 9.17) is 9.84 Å². The van der Waals surface area contributed by atoms with Gasteiger partial charge in [-0.3, -0.25) is 0 Å². The molecule has 0 spiro atoms. The van der Waals surface area contributed by atoms with Crippen molar-refractivity contribution >= 4 is 45.2 Å². The summed E-state index contributed by atoms with van der Waals surface area (Å²) in [5.74, 6) is 0.621. The quantitative estimate of drug-likeness (QED) is 0.375. The van der Waals surface area contributed by atoms with Crippen LogP contribution in [0.5, 0.6) is 0 Å². The predicted molar refractivity (Wildman–Crippen MR) is 133 cm³/mol. The highest BCUT2D eigenvalue weighted by atomic mass is 31.2. The van der Waals surface area contributed by atoms with Gasteiger partial charge in [0.25, 0.3) is 0 Å². The summed E-state index contributed by atoms with van der Waals surface area (Å²) in [5, 5.41) is 22.2. The fourth-order valence-corrected chi connectivity index (χ4v) is 7.68. The molecule has 0 atom stereocenters. The Balaban J connectivity index is 1.81. The summed E-state index contributed by atoms with van der Waals surface area (Å²) in [7, 11) is -2.46. The molecule has 0 N–H and O–H groups in total. The molecule has 2 aromatic heterocycles. The minimum Gasteiger partial charge on any atom is -0.232 e. The third-order valence-electron chi connectivity index (χ3n) is 5.69. The van der Waals surface area contributed by atoms with Crippen LogP contribution in [0.15, 0.2) is 120 Å². The number of aromatic nitrogens is 5. The largest absolute Gasteiger partial charge is 0.232 e. The molecule has 0 saturated carbocycles. The van der Waals surface area contributed by atoms with Crippen molar-refractivity contribution in [3.63, 3.8) is 0 Å². The molecule has 0 aliphatic heterocycles. The van der Waals surface area contributed by atoms with Gasteiger partial charge in [-0.25, -0.2) is 4.74 Å². The molecule has 158 valence electrons. The molecule has 0 saturated heterocycles. The number of rotatable bonds is 4. The van der Waals surface area contributed by atoms with Crippen molar-refractivity contribution in [1.82, 2.24) is 25.3 Å². The van der Waals surface area contributed by atoms with Gasteiger partial charge in [0, 0.05) is 26.7 Å². The van der Waals surface area contributed by atoms with Gasteiger partial charge in [0.15, 0.2) is 5.82 Å². The fourth-order valence-electron chi connectivity index (χ4n) is 4.20. The molecule has 0 bridgehead atoms. The van der Waals surface area contributed by atoms with E-state index in [-0.39, 0.29) is 0 Å². The zero-order valence-corrected chi connectivity index (χ0v) is 18.5. The third kappa shape index (κ3) is 3.23. The van der Waals surface area contributed by atoms with Crippen molar-refractivity contribution in [2.75, 3.05) is 0 Å². The van der Waals surface area contributed by atoms with Crippen molar-refractivity contribution in [2.45, 2.75) is 0 Å². The van der Waals surface area contributed by atoms with Gasteiger partial charge in [-0.2, -0.15) is 0 Å². The van der Waals surface area contributed by atoms with Crippen LogP contribution in [-0.4, -0.2) is 25.3 Å². The zero-order valence-electron chi connectivity index (χ0n) is 17.6. The molecule has 0 unspecified atom stereocenters. The van der Waals surface area contributed by atoms with E-state index in [1.165, 1.54) is 4.63 Å². The molecule has 0 amide bonds. The molecule has 7 heteroatoms. The van der Waals surface area contributed by atoms with Gasteiger partial charge in [0.05, 0.1) is 7.05 Å². The van der Waals surface area contributed by atoms with Crippen molar-refractivity contribution in [3.8, 4) is 0 Å². The Morgan fingerprint density at radius 2 is 1.06 bits per heavy atom. The second-order valence-corrected chi connectivity index (χ2v) is 10.6. The van der Waals surface area contributed by atoms with Crippen LogP contribution in [0.4, 0.5) is 5.82 Å². The van der Waals surface area contributed by atoms with Crippen LogP contribution < -0.4 is 15.9 Å². The number of tetrazole rings is 1. The molecule has 0 fully saturated rings. The molecule has 6 rings (SSSR count). The van der Waals surface area contributed by atoms with Crippen molar-refractivity contribution in [2.24, 2.45) is 4.74 Å². The minimum absolute atomic E-state index is 0.618. The van der Waals surface area contributed by atoms with E-state index >= 15 is 0 Å². The van der Waals surface area contributed by atoms with Crippen LogP contribution in [0.2, 0.25) is 0 Å². The van der Waals surface area contributed by atoms with E-state index < -0.39 is 7.05 Å².